The predicted molar refractivity (Wildman–Crippen MR) is 90.7 cm³/mol. The van der Waals surface area contributed by atoms with Crippen molar-refractivity contribution in [2.24, 2.45) is 5.73 Å². The zero-order valence-corrected chi connectivity index (χ0v) is 13.6. The van der Waals surface area contributed by atoms with Crippen LogP contribution in [0.15, 0.2) is 30.5 Å². The van der Waals surface area contributed by atoms with Crippen LogP contribution in [0.5, 0.6) is 0 Å². The van der Waals surface area contributed by atoms with Crippen molar-refractivity contribution in [3.8, 4) is 6.07 Å². The Labute approximate surface area is 144 Å². The van der Waals surface area contributed by atoms with E-state index in [0.29, 0.717) is 17.9 Å². The molecule has 4 N–H and O–H groups in total. The highest BCUT2D eigenvalue weighted by atomic mass is 19.1. The van der Waals surface area contributed by atoms with Gasteiger partial charge in [-0.3, -0.25) is 9.48 Å². The number of nitrogens with two attached hydrogens (primary N) is 1. The molecule has 0 atom stereocenters. The van der Waals surface area contributed by atoms with E-state index >= 15 is 0 Å². The maximum Gasteiger partial charge on any atom is 0.254 e. The molecule has 0 bridgehead atoms. The van der Waals surface area contributed by atoms with E-state index in [2.05, 4.69) is 21.8 Å². The summed E-state index contributed by atoms with van der Waals surface area (Å²) in [5, 5.41) is 20.0. The van der Waals surface area contributed by atoms with Crippen molar-refractivity contribution in [3.63, 3.8) is 0 Å². The third kappa shape index (κ3) is 3.46. The fraction of sp³-hybridized carbons (Fsp3) is 0.353. The van der Waals surface area contributed by atoms with Crippen LogP contribution in [0, 0.1) is 17.1 Å². The van der Waals surface area contributed by atoms with Gasteiger partial charge in [0.05, 0.1) is 18.0 Å². The van der Waals surface area contributed by atoms with Crippen molar-refractivity contribution in [3.05, 3.63) is 41.8 Å². The van der Waals surface area contributed by atoms with E-state index in [9.17, 15) is 14.4 Å². The molecule has 0 aliphatic carbocycles. The smallest absolute Gasteiger partial charge is 0.254 e. The van der Waals surface area contributed by atoms with Crippen molar-refractivity contribution in [1.82, 2.24) is 15.1 Å². The summed E-state index contributed by atoms with van der Waals surface area (Å²) in [6, 6.07) is 7.95. The Hall–Kier alpha value is -2.92. The van der Waals surface area contributed by atoms with Crippen LogP contribution in [0.25, 0.3) is 0 Å². The first kappa shape index (κ1) is 16.9. The van der Waals surface area contributed by atoms with E-state index in [4.69, 9.17) is 5.73 Å². The molecule has 0 unspecified atom stereocenters. The van der Waals surface area contributed by atoms with Gasteiger partial charge in [-0.05, 0) is 50.2 Å². The molecule has 1 fully saturated rings. The van der Waals surface area contributed by atoms with Gasteiger partial charge in [-0.15, -0.1) is 0 Å². The number of hydrogen-bond acceptors (Lipinski definition) is 5. The molecule has 8 heteroatoms. The first-order valence-electron chi connectivity index (χ1n) is 8.04. The number of nitrogens with one attached hydrogen (secondary N) is 2. The number of carbonyl (C=O) groups excluding carboxylic acids is 1. The maximum atomic E-state index is 13.1. The van der Waals surface area contributed by atoms with Crippen molar-refractivity contribution >= 4 is 17.4 Å². The van der Waals surface area contributed by atoms with E-state index in [1.54, 1.807) is 23.0 Å². The molecule has 1 aliphatic rings. The van der Waals surface area contributed by atoms with Gasteiger partial charge in [0.2, 0.25) is 0 Å². The molecular weight excluding hydrogens is 323 g/mol. The summed E-state index contributed by atoms with van der Waals surface area (Å²) in [5.74, 6) is -0.666. The minimum atomic E-state index is -0.614. The lowest BCUT2D eigenvalue weighted by Gasteiger charge is -2.36. The highest BCUT2D eigenvalue weighted by molar-refractivity contribution is 5.98. The van der Waals surface area contributed by atoms with Crippen LogP contribution in [-0.4, -0.2) is 28.8 Å². The number of rotatable bonds is 5. The Kier molecular flexibility index (Phi) is 4.67. The standard InChI is InChI=1S/C17H19FN6O/c18-12-1-3-13(4-2-12)22-16-14(15(20)25)11-24(23-16)17(5-8-19)6-9-21-10-7-17/h1-4,11,21H,5-7,9-10H2,(H2,20,25)(H,22,23). The van der Waals surface area contributed by atoms with Gasteiger partial charge in [0.15, 0.2) is 5.82 Å². The average molecular weight is 342 g/mol. The predicted octanol–water partition coefficient (Wildman–Crippen LogP) is 1.86. The second-order valence-corrected chi connectivity index (χ2v) is 6.14. The summed E-state index contributed by atoms with van der Waals surface area (Å²) in [6.45, 7) is 1.54. The fourth-order valence-electron chi connectivity index (χ4n) is 3.09. The Morgan fingerprint density at radius 2 is 2.08 bits per heavy atom. The Morgan fingerprint density at radius 1 is 1.40 bits per heavy atom. The summed E-state index contributed by atoms with van der Waals surface area (Å²) in [7, 11) is 0. The van der Waals surface area contributed by atoms with Gasteiger partial charge in [0.25, 0.3) is 5.91 Å². The molecule has 1 saturated heterocycles. The highest BCUT2D eigenvalue weighted by Crippen LogP contribution is 2.32. The molecule has 2 aromatic rings. The van der Waals surface area contributed by atoms with Gasteiger partial charge < -0.3 is 16.4 Å². The normalized spacial score (nSPS) is 16.2. The van der Waals surface area contributed by atoms with Crippen molar-refractivity contribution in [2.45, 2.75) is 24.8 Å². The van der Waals surface area contributed by atoms with Gasteiger partial charge in [0, 0.05) is 11.9 Å². The van der Waals surface area contributed by atoms with Gasteiger partial charge >= 0.3 is 0 Å². The van der Waals surface area contributed by atoms with Crippen molar-refractivity contribution < 1.29 is 9.18 Å². The van der Waals surface area contributed by atoms with E-state index in [-0.39, 0.29) is 11.4 Å². The Bertz CT molecular complexity index is 802. The minimum absolute atomic E-state index is 0.236. The number of anilines is 2. The average Bonchev–Trinajstić information content (AvgIpc) is 3.03. The molecule has 7 nitrogen and oxygen atoms in total. The summed E-state index contributed by atoms with van der Waals surface area (Å²) in [5.41, 5.74) is 5.85. The minimum Gasteiger partial charge on any atom is -0.365 e. The summed E-state index contributed by atoms with van der Waals surface area (Å²) in [6.07, 6.45) is 3.36. The van der Waals surface area contributed by atoms with Crippen LogP contribution in [0.2, 0.25) is 0 Å². The molecule has 1 amide bonds. The molecule has 130 valence electrons. The Balaban J connectivity index is 1.97. The number of hydrogen-bond donors (Lipinski definition) is 3. The zero-order valence-electron chi connectivity index (χ0n) is 13.6. The van der Waals surface area contributed by atoms with Crippen LogP contribution < -0.4 is 16.4 Å². The second-order valence-electron chi connectivity index (χ2n) is 6.14. The molecule has 3 rings (SSSR count). The molecule has 1 aromatic carbocycles. The van der Waals surface area contributed by atoms with Crippen LogP contribution in [-0.2, 0) is 5.54 Å². The van der Waals surface area contributed by atoms with Crippen LogP contribution in [0.3, 0.4) is 0 Å². The third-order valence-electron chi connectivity index (χ3n) is 4.52. The highest BCUT2D eigenvalue weighted by Gasteiger charge is 2.36. The SMILES string of the molecule is N#CCC1(n2cc(C(N)=O)c(Nc3ccc(F)cc3)n2)CCNCC1. The van der Waals surface area contributed by atoms with Crippen LogP contribution in [0.4, 0.5) is 15.9 Å². The monoisotopic (exact) mass is 342 g/mol. The number of nitrogens with zero attached hydrogens (tertiary/aromatic N) is 3. The Morgan fingerprint density at radius 3 is 2.68 bits per heavy atom. The molecule has 1 aromatic heterocycles. The molecule has 1 aliphatic heterocycles. The number of amides is 1. The number of carbonyl (C=O) groups is 1. The van der Waals surface area contributed by atoms with E-state index < -0.39 is 11.4 Å². The van der Waals surface area contributed by atoms with Gasteiger partial charge in [-0.25, -0.2) is 4.39 Å². The van der Waals surface area contributed by atoms with Gasteiger partial charge in [0.1, 0.15) is 11.4 Å². The fourth-order valence-corrected chi connectivity index (χ4v) is 3.09. The lowest BCUT2D eigenvalue weighted by molar-refractivity contribution is 0.100. The number of piperidine rings is 1. The largest absolute Gasteiger partial charge is 0.365 e. The summed E-state index contributed by atoms with van der Waals surface area (Å²) >= 11 is 0. The molecule has 2 heterocycles. The van der Waals surface area contributed by atoms with Crippen LogP contribution >= 0.6 is 0 Å². The quantitative estimate of drug-likeness (QED) is 0.768. The lowest BCUT2D eigenvalue weighted by Crippen LogP contribution is -2.44. The van der Waals surface area contributed by atoms with E-state index in [1.165, 1.54) is 12.1 Å². The van der Waals surface area contributed by atoms with E-state index in [0.717, 1.165) is 25.9 Å². The molecule has 25 heavy (non-hydrogen) atoms. The number of benzene rings is 1. The van der Waals surface area contributed by atoms with E-state index in [1.807, 2.05) is 0 Å². The molecule has 0 saturated carbocycles. The first-order chi connectivity index (χ1) is 12.0. The van der Waals surface area contributed by atoms with Crippen LogP contribution in [0.1, 0.15) is 29.6 Å². The zero-order chi connectivity index (χ0) is 17.9. The molecule has 0 radical (unpaired) electrons. The number of aromatic nitrogens is 2. The van der Waals surface area contributed by atoms with Crippen molar-refractivity contribution in [1.29, 1.82) is 5.26 Å². The number of nitriles is 1. The first-order valence-corrected chi connectivity index (χ1v) is 8.04. The maximum absolute atomic E-state index is 13.1. The molecule has 0 spiro atoms. The van der Waals surface area contributed by atoms with Crippen molar-refractivity contribution in [2.75, 3.05) is 18.4 Å². The summed E-state index contributed by atoms with van der Waals surface area (Å²) < 4.78 is 14.7. The number of primary amides is 1. The third-order valence-corrected chi connectivity index (χ3v) is 4.52. The summed E-state index contributed by atoms with van der Waals surface area (Å²) in [4.78, 5) is 11.8. The van der Waals surface area contributed by atoms with Gasteiger partial charge in [-0.2, -0.15) is 10.4 Å². The number of halogens is 1. The topological polar surface area (TPSA) is 109 Å². The van der Waals surface area contributed by atoms with Gasteiger partial charge in [-0.1, -0.05) is 0 Å². The second kappa shape index (κ2) is 6.91. The molecular formula is C17H19FN6O. The lowest BCUT2D eigenvalue weighted by atomic mass is 9.86.